The molecule has 3 heterocycles. The molecule has 2 aromatic rings. The first-order chi connectivity index (χ1) is 13.0. The summed E-state index contributed by atoms with van der Waals surface area (Å²) >= 11 is 0. The van der Waals surface area contributed by atoms with Gasteiger partial charge >= 0.3 is 0 Å². The van der Waals surface area contributed by atoms with Crippen LogP contribution in [0.25, 0.3) is 0 Å². The molecule has 2 aliphatic rings. The summed E-state index contributed by atoms with van der Waals surface area (Å²) in [4.78, 5) is 6.71. The molecule has 8 heteroatoms. The number of aryl methyl sites for hydroxylation is 1. The number of piperidine rings is 1. The van der Waals surface area contributed by atoms with Crippen molar-refractivity contribution in [3.63, 3.8) is 0 Å². The molecule has 0 atom stereocenters. The molecule has 0 amide bonds. The zero-order chi connectivity index (χ0) is 18.9. The monoisotopic (exact) mass is 389 g/mol. The maximum absolute atomic E-state index is 12.5. The largest absolute Gasteiger partial charge is 0.370 e. The normalized spacial score (nSPS) is 19.4. The molecule has 1 N–H and O–H groups in total. The van der Waals surface area contributed by atoms with Crippen LogP contribution in [-0.2, 0) is 19.5 Å². The second-order valence-electron chi connectivity index (χ2n) is 6.91. The van der Waals surface area contributed by atoms with Gasteiger partial charge in [-0.15, -0.1) is 0 Å². The predicted molar refractivity (Wildman–Crippen MR) is 102 cm³/mol. The van der Waals surface area contributed by atoms with Gasteiger partial charge in [-0.25, -0.2) is 13.4 Å². The van der Waals surface area contributed by atoms with Crippen molar-refractivity contribution in [1.29, 1.82) is 0 Å². The van der Waals surface area contributed by atoms with Crippen molar-refractivity contribution in [1.82, 2.24) is 4.98 Å². The molecule has 0 aliphatic carbocycles. The van der Waals surface area contributed by atoms with E-state index in [0.717, 1.165) is 37.2 Å². The molecule has 1 spiro atoms. The first-order valence-corrected chi connectivity index (χ1v) is 10.5. The summed E-state index contributed by atoms with van der Waals surface area (Å²) < 4.78 is 38.9. The summed E-state index contributed by atoms with van der Waals surface area (Å²) in [6.45, 7) is 4.87. The van der Waals surface area contributed by atoms with Gasteiger partial charge in [-0.05, 0) is 31.2 Å². The van der Waals surface area contributed by atoms with E-state index in [1.54, 1.807) is 36.5 Å². The fraction of sp³-hybridized carbons (Fsp3) is 0.421. The zero-order valence-corrected chi connectivity index (χ0v) is 16.0. The van der Waals surface area contributed by atoms with Crippen LogP contribution in [0.3, 0.4) is 0 Å². The van der Waals surface area contributed by atoms with Crippen molar-refractivity contribution in [2.24, 2.45) is 0 Å². The Morgan fingerprint density at radius 2 is 1.70 bits per heavy atom. The van der Waals surface area contributed by atoms with Crippen LogP contribution in [-0.4, -0.2) is 45.5 Å². The summed E-state index contributed by atoms with van der Waals surface area (Å²) in [5.74, 6) is -0.108. The molecule has 2 saturated heterocycles. The van der Waals surface area contributed by atoms with Crippen molar-refractivity contribution in [2.45, 2.75) is 30.4 Å². The number of pyridine rings is 1. The molecule has 0 unspecified atom stereocenters. The van der Waals surface area contributed by atoms with Crippen LogP contribution in [0.5, 0.6) is 0 Å². The smallest absolute Gasteiger partial charge is 0.263 e. The minimum Gasteiger partial charge on any atom is -0.370 e. The van der Waals surface area contributed by atoms with Gasteiger partial charge in [0.1, 0.15) is 5.82 Å². The Bertz CT molecular complexity index is 882. The van der Waals surface area contributed by atoms with Crippen LogP contribution >= 0.6 is 0 Å². The Morgan fingerprint density at radius 1 is 1.04 bits per heavy atom. The van der Waals surface area contributed by atoms with Crippen molar-refractivity contribution >= 4 is 21.5 Å². The van der Waals surface area contributed by atoms with E-state index in [0.29, 0.717) is 19.0 Å². The highest BCUT2D eigenvalue weighted by Gasteiger charge is 2.39. The highest BCUT2D eigenvalue weighted by atomic mass is 32.2. The zero-order valence-electron chi connectivity index (χ0n) is 15.2. The predicted octanol–water partition coefficient (Wildman–Crippen LogP) is 2.53. The van der Waals surface area contributed by atoms with E-state index in [2.05, 4.69) is 14.6 Å². The Labute approximate surface area is 159 Å². The van der Waals surface area contributed by atoms with E-state index >= 15 is 0 Å². The minimum atomic E-state index is -3.64. The third-order valence-electron chi connectivity index (χ3n) is 5.02. The van der Waals surface area contributed by atoms with Crippen molar-refractivity contribution in [2.75, 3.05) is 35.9 Å². The minimum absolute atomic E-state index is 0.219. The number of nitrogens with one attached hydrogen (secondary N) is 1. The number of nitrogens with zero attached hydrogens (tertiary/aromatic N) is 2. The molecular formula is C19H23N3O4S. The van der Waals surface area contributed by atoms with Gasteiger partial charge in [0, 0.05) is 25.9 Å². The Balaban J connectivity index is 1.41. The first kappa shape index (κ1) is 18.2. The van der Waals surface area contributed by atoms with E-state index in [-0.39, 0.29) is 4.90 Å². The second kappa shape index (κ2) is 7.10. The lowest BCUT2D eigenvalue weighted by Gasteiger charge is -2.38. The summed E-state index contributed by atoms with van der Waals surface area (Å²) in [7, 11) is -3.64. The topological polar surface area (TPSA) is 80.8 Å². The van der Waals surface area contributed by atoms with E-state index in [1.165, 1.54) is 0 Å². The van der Waals surface area contributed by atoms with Gasteiger partial charge in [0.2, 0.25) is 0 Å². The molecule has 2 aliphatic heterocycles. The van der Waals surface area contributed by atoms with Crippen LogP contribution < -0.4 is 9.62 Å². The number of sulfonamides is 1. The third-order valence-corrected chi connectivity index (χ3v) is 6.39. The van der Waals surface area contributed by atoms with Gasteiger partial charge in [-0.3, -0.25) is 4.72 Å². The molecule has 7 nitrogen and oxygen atoms in total. The van der Waals surface area contributed by atoms with Crippen molar-refractivity contribution in [3.8, 4) is 0 Å². The van der Waals surface area contributed by atoms with E-state index in [9.17, 15) is 8.42 Å². The molecule has 2 fully saturated rings. The highest BCUT2D eigenvalue weighted by Crippen LogP contribution is 2.33. The Kier molecular flexibility index (Phi) is 4.79. The fourth-order valence-corrected chi connectivity index (χ4v) is 4.45. The lowest BCUT2D eigenvalue weighted by atomic mass is 10.0. The average Bonchev–Trinajstić information content (AvgIpc) is 3.11. The van der Waals surface area contributed by atoms with Gasteiger partial charge in [0.15, 0.2) is 5.79 Å². The SMILES string of the molecule is Cc1ccc(S(=O)(=O)Nc2ccc(N3CCC4(CC3)OCCO4)cn2)cc1. The van der Waals surface area contributed by atoms with Crippen LogP contribution in [0, 0.1) is 6.92 Å². The molecule has 0 saturated carbocycles. The molecule has 0 bridgehead atoms. The van der Waals surface area contributed by atoms with E-state index in [4.69, 9.17) is 9.47 Å². The molecule has 144 valence electrons. The van der Waals surface area contributed by atoms with Crippen LogP contribution in [0.2, 0.25) is 0 Å². The van der Waals surface area contributed by atoms with Gasteiger partial charge in [0.05, 0.1) is 30.0 Å². The summed E-state index contributed by atoms with van der Waals surface area (Å²) in [6, 6.07) is 10.3. The quantitative estimate of drug-likeness (QED) is 0.866. The Hall–Kier alpha value is -2.16. The summed E-state index contributed by atoms with van der Waals surface area (Å²) in [5.41, 5.74) is 1.97. The number of rotatable bonds is 4. The van der Waals surface area contributed by atoms with Crippen molar-refractivity contribution in [3.05, 3.63) is 48.2 Å². The molecule has 0 radical (unpaired) electrons. The number of hydrogen-bond donors (Lipinski definition) is 1. The van der Waals surface area contributed by atoms with Gasteiger partial charge in [-0.2, -0.15) is 0 Å². The number of aromatic nitrogens is 1. The lowest BCUT2D eigenvalue weighted by Crippen LogP contribution is -2.45. The molecule has 1 aromatic carbocycles. The number of benzene rings is 1. The number of ether oxygens (including phenoxy) is 2. The van der Waals surface area contributed by atoms with Crippen LogP contribution in [0.1, 0.15) is 18.4 Å². The summed E-state index contributed by atoms with van der Waals surface area (Å²) in [6.07, 6.45) is 3.32. The molecular weight excluding hydrogens is 366 g/mol. The third kappa shape index (κ3) is 3.92. The number of anilines is 2. The van der Waals surface area contributed by atoms with Gasteiger partial charge in [0.25, 0.3) is 10.0 Å². The van der Waals surface area contributed by atoms with E-state index in [1.807, 2.05) is 13.0 Å². The standard InChI is InChI=1S/C19H23N3O4S/c1-15-2-5-17(6-3-15)27(23,24)21-18-7-4-16(14-20-18)22-10-8-19(9-11-22)25-12-13-26-19/h2-7,14H,8-13H2,1H3,(H,20,21). The van der Waals surface area contributed by atoms with Gasteiger partial charge in [-0.1, -0.05) is 17.7 Å². The van der Waals surface area contributed by atoms with Crippen LogP contribution in [0.4, 0.5) is 11.5 Å². The van der Waals surface area contributed by atoms with Crippen LogP contribution in [0.15, 0.2) is 47.5 Å². The van der Waals surface area contributed by atoms with Crippen molar-refractivity contribution < 1.29 is 17.9 Å². The Morgan fingerprint density at radius 3 is 2.30 bits per heavy atom. The first-order valence-electron chi connectivity index (χ1n) is 9.04. The molecule has 4 rings (SSSR count). The average molecular weight is 389 g/mol. The van der Waals surface area contributed by atoms with E-state index < -0.39 is 15.8 Å². The second-order valence-corrected chi connectivity index (χ2v) is 8.60. The number of hydrogen-bond acceptors (Lipinski definition) is 6. The maximum atomic E-state index is 12.5. The summed E-state index contributed by atoms with van der Waals surface area (Å²) in [5, 5.41) is 0. The van der Waals surface area contributed by atoms with Gasteiger partial charge < -0.3 is 14.4 Å². The lowest BCUT2D eigenvalue weighted by molar-refractivity contribution is -0.169. The fourth-order valence-electron chi connectivity index (χ4n) is 3.44. The molecule has 1 aromatic heterocycles. The molecule has 27 heavy (non-hydrogen) atoms. The maximum Gasteiger partial charge on any atom is 0.263 e. The highest BCUT2D eigenvalue weighted by molar-refractivity contribution is 7.92.